The topological polar surface area (TPSA) is 123 Å². The quantitative estimate of drug-likeness (QED) is 0.221. The van der Waals surface area contributed by atoms with Gasteiger partial charge >= 0.3 is 0 Å². The van der Waals surface area contributed by atoms with Crippen molar-refractivity contribution in [2.24, 2.45) is 0 Å². The zero-order chi connectivity index (χ0) is 33.4. The summed E-state index contributed by atoms with van der Waals surface area (Å²) < 4.78 is -0.631. The Kier molecular flexibility index (Phi) is 8.50. The van der Waals surface area contributed by atoms with E-state index < -0.39 is 4.75 Å². The standard InChI is InChI=1S/C37H39N9O2S/c1-49-37(36(48)41-28-7-10-31-30(22-28)34(43-42-31)27-11-15-38-32(21-27)25-3-4-25)12-16-44(24-37)23-33(47)46-19-17-45(18-20-46)29-8-5-26(6-9-29)35-39-13-2-14-40-35/h2,5-11,13-15,21-22,25H,3-4,12,16-20,23-24H2,1H3,(H,41,48)(H,42,43). The third kappa shape index (κ3) is 6.50. The Balaban J connectivity index is 0.868. The number of benzene rings is 2. The van der Waals surface area contributed by atoms with E-state index in [-0.39, 0.29) is 11.8 Å². The van der Waals surface area contributed by atoms with Crippen LogP contribution >= 0.6 is 11.8 Å². The summed E-state index contributed by atoms with van der Waals surface area (Å²) in [5.74, 6) is 1.35. The Morgan fingerprint density at radius 3 is 2.47 bits per heavy atom. The van der Waals surface area contributed by atoms with Crippen molar-refractivity contribution in [2.75, 3.05) is 62.3 Å². The Morgan fingerprint density at radius 2 is 1.71 bits per heavy atom. The number of carbonyl (C=O) groups is 2. The number of fused-ring (bicyclic) bond motifs is 1. The van der Waals surface area contributed by atoms with Crippen molar-refractivity contribution >= 4 is 45.9 Å². The molecule has 0 radical (unpaired) electrons. The van der Waals surface area contributed by atoms with Crippen molar-refractivity contribution < 1.29 is 9.59 Å². The van der Waals surface area contributed by atoms with Gasteiger partial charge in [-0.05, 0) is 86.2 Å². The first-order valence-corrected chi connectivity index (χ1v) is 18.1. The van der Waals surface area contributed by atoms with Crippen LogP contribution in [0.3, 0.4) is 0 Å². The lowest BCUT2D eigenvalue weighted by molar-refractivity contribution is -0.132. The van der Waals surface area contributed by atoms with Gasteiger partial charge in [0.25, 0.3) is 0 Å². The summed E-state index contributed by atoms with van der Waals surface area (Å²) >= 11 is 1.57. The number of H-pyrrole nitrogens is 1. The third-order valence-corrected chi connectivity index (χ3v) is 11.3. The minimum atomic E-state index is -0.631. The molecule has 11 nitrogen and oxygen atoms in total. The van der Waals surface area contributed by atoms with E-state index in [9.17, 15) is 9.59 Å². The van der Waals surface area contributed by atoms with Gasteiger partial charge < -0.3 is 15.1 Å². The predicted octanol–water partition coefficient (Wildman–Crippen LogP) is 5.05. The first kappa shape index (κ1) is 31.5. The van der Waals surface area contributed by atoms with Crippen molar-refractivity contribution in [3.63, 3.8) is 0 Å². The number of pyridine rings is 1. The van der Waals surface area contributed by atoms with E-state index in [1.54, 1.807) is 24.2 Å². The fourth-order valence-corrected chi connectivity index (χ4v) is 7.81. The summed E-state index contributed by atoms with van der Waals surface area (Å²) in [5.41, 5.74) is 6.77. The zero-order valence-corrected chi connectivity index (χ0v) is 28.3. The molecule has 250 valence electrons. The molecule has 2 aliphatic heterocycles. The molecule has 3 aromatic heterocycles. The molecule has 5 aromatic rings. The average Bonchev–Trinajstić information content (AvgIpc) is 3.79. The summed E-state index contributed by atoms with van der Waals surface area (Å²) in [7, 11) is 0. The van der Waals surface area contributed by atoms with Gasteiger partial charge in [-0.2, -0.15) is 5.10 Å². The molecule has 5 heterocycles. The molecule has 1 unspecified atom stereocenters. The highest BCUT2D eigenvalue weighted by Gasteiger charge is 2.45. The number of nitrogens with one attached hydrogen (secondary N) is 2. The van der Waals surface area contributed by atoms with Crippen LogP contribution in [-0.2, 0) is 9.59 Å². The van der Waals surface area contributed by atoms with Crippen LogP contribution in [0.4, 0.5) is 11.4 Å². The Hall–Kier alpha value is -4.81. The van der Waals surface area contributed by atoms with Crippen molar-refractivity contribution in [3.05, 3.63) is 84.9 Å². The molecule has 3 fully saturated rings. The van der Waals surface area contributed by atoms with Crippen molar-refractivity contribution in [3.8, 4) is 22.6 Å². The molecule has 1 aliphatic carbocycles. The maximum Gasteiger partial charge on any atom is 0.241 e. The van der Waals surface area contributed by atoms with Crippen LogP contribution < -0.4 is 10.2 Å². The number of anilines is 2. The van der Waals surface area contributed by atoms with Gasteiger partial charge in [0.05, 0.1) is 12.1 Å². The largest absolute Gasteiger partial charge is 0.368 e. The van der Waals surface area contributed by atoms with E-state index in [1.807, 2.05) is 59.8 Å². The second-order valence-electron chi connectivity index (χ2n) is 13.2. The molecule has 1 saturated carbocycles. The van der Waals surface area contributed by atoms with Crippen LogP contribution in [0.15, 0.2) is 79.3 Å². The molecule has 3 aliphatic rings. The van der Waals surface area contributed by atoms with Gasteiger partial charge in [0.1, 0.15) is 10.4 Å². The third-order valence-electron chi connectivity index (χ3n) is 10.0. The number of hydrogen-bond donors (Lipinski definition) is 2. The number of likely N-dealkylation sites (tertiary alicyclic amines) is 1. The van der Waals surface area contributed by atoms with Gasteiger partial charge in [-0.1, -0.05) is 0 Å². The van der Waals surface area contributed by atoms with E-state index in [4.69, 9.17) is 0 Å². The van der Waals surface area contributed by atoms with Crippen LogP contribution in [0.2, 0.25) is 0 Å². The molecule has 0 spiro atoms. The monoisotopic (exact) mass is 673 g/mol. The van der Waals surface area contributed by atoms with E-state index in [2.05, 4.69) is 58.5 Å². The van der Waals surface area contributed by atoms with Gasteiger partial charge in [-0.25, -0.2) is 9.97 Å². The molecule has 12 heteroatoms. The molecule has 49 heavy (non-hydrogen) atoms. The van der Waals surface area contributed by atoms with Crippen molar-refractivity contribution in [2.45, 2.75) is 29.9 Å². The summed E-state index contributed by atoms with van der Waals surface area (Å²) in [6, 6.07) is 20.1. The maximum absolute atomic E-state index is 13.8. The summed E-state index contributed by atoms with van der Waals surface area (Å²) in [6.45, 7) is 4.44. The van der Waals surface area contributed by atoms with Crippen LogP contribution in [0.25, 0.3) is 33.5 Å². The van der Waals surface area contributed by atoms with Gasteiger partial charge in [-0.15, -0.1) is 11.8 Å². The number of thioether (sulfide) groups is 1. The molecule has 2 saturated heterocycles. The maximum atomic E-state index is 13.8. The molecular formula is C37H39N9O2S. The second kappa shape index (κ2) is 13.2. The van der Waals surface area contributed by atoms with Crippen LogP contribution in [0.1, 0.15) is 30.9 Å². The van der Waals surface area contributed by atoms with Crippen molar-refractivity contribution in [1.82, 2.24) is 34.9 Å². The number of aromatic amines is 1. The SMILES string of the molecule is CSC1(C(=O)Nc2ccc3[nH]nc(-c4ccnc(C5CC5)c4)c3c2)CCN(CC(=O)N2CCN(c3ccc(-c4ncccn4)cc3)CC2)C1. The minimum absolute atomic E-state index is 0.0299. The summed E-state index contributed by atoms with van der Waals surface area (Å²) in [5, 5.41) is 11.9. The fraction of sp³-hybridized carbons (Fsp3) is 0.351. The van der Waals surface area contributed by atoms with E-state index in [0.29, 0.717) is 50.9 Å². The lowest BCUT2D eigenvalue weighted by Crippen LogP contribution is -2.51. The molecule has 2 aromatic carbocycles. The second-order valence-corrected chi connectivity index (χ2v) is 14.4. The smallest absolute Gasteiger partial charge is 0.241 e. The molecular weight excluding hydrogens is 635 g/mol. The number of hydrogen-bond acceptors (Lipinski definition) is 9. The average molecular weight is 674 g/mol. The molecule has 2 amide bonds. The van der Waals surface area contributed by atoms with Crippen LogP contribution in [0, 0.1) is 0 Å². The van der Waals surface area contributed by atoms with Gasteiger partial charge in [0.15, 0.2) is 5.82 Å². The molecule has 1 atom stereocenters. The summed E-state index contributed by atoms with van der Waals surface area (Å²) in [6.07, 6.45) is 10.4. The fourth-order valence-electron chi connectivity index (χ4n) is 6.97. The lowest BCUT2D eigenvalue weighted by Gasteiger charge is -2.37. The number of aromatic nitrogens is 5. The number of piperazine rings is 1. The highest BCUT2D eigenvalue weighted by atomic mass is 32.2. The number of nitrogens with zero attached hydrogens (tertiary/aromatic N) is 7. The van der Waals surface area contributed by atoms with Crippen LogP contribution in [0.5, 0.6) is 0 Å². The van der Waals surface area contributed by atoms with E-state index >= 15 is 0 Å². The molecule has 2 N–H and O–H groups in total. The van der Waals surface area contributed by atoms with E-state index in [0.717, 1.165) is 57.9 Å². The Bertz CT molecular complexity index is 1970. The lowest BCUT2D eigenvalue weighted by atomic mass is 10.1. The summed E-state index contributed by atoms with van der Waals surface area (Å²) in [4.78, 5) is 46.8. The predicted molar refractivity (Wildman–Crippen MR) is 193 cm³/mol. The van der Waals surface area contributed by atoms with E-state index in [1.165, 1.54) is 12.8 Å². The first-order valence-electron chi connectivity index (χ1n) is 16.9. The minimum Gasteiger partial charge on any atom is -0.368 e. The van der Waals surface area contributed by atoms with Gasteiger partial charge in [0.2, 0.25) is 11.8 Å². The normalized spacial score (nSPS) is 19.8. The first-order chi connectivity index (χ1) is 24.0. The molecule has 8 rings (SSSR count). The van der Waals surface area contributed by atoms with Crippen molar-refractivity contribution in [1.29, 1.82) is 0 Å². The molecule has 0 bridgehead atoms. The Labute approximate surface area is 289 Å². The van der Waals surface area contributed by atoms with Crippen LogP contribution in [-0.4, -0.2) is 104 Å². The Morgan fingerprint density at radius 1 is 0.918 bits per heavy atom. The zero-order valence-electron chi connectivity index (χ0n) is 27.5. The van der Waals surface area contributed by atoms with Gasteiger partial charge in [-0.3, -0.25) is 24.6 Å². The highest BCUT2D eigenvalue weighted by Crippen LogP contribution is 2.40. The van der Waals surface area contributed by atoms with Gasteiger partial charge in [0, 0.05) is 97.4 Å². The number of rotatable bonds is 9. The number of carbonyl (C=O) groups excluding carboxylic acids is 2. The highest BCUT2D eigenvalue weighted by molar-refractivity contribution is 8.00. The number of amides is 2.